The van der Waals surface area contributed by atoms with Crippen molar-refractivity contribution in [1.29, 1.82) is 0 Å². The fourth-order valence-corrected chi connectivity index (χ4v) is 5.74. The summed E-state index contributed by atoms with van der Waals surface area (Å²) in [6.45, 7) is 9.84. The van der Waals surface area contributed by atoms with Crippen molar-refractivity contribution in [2.24, 2.45) is 5.92 Å². The van der Waals surface area contributed by atoms with E-state index in [9.17, 15) is 9.90 Å². The number of aromatic hydroxyl groups is 1. The van der Waals surface area contributed by atoms with Crippen LogP contribution >= 0.6 is 11.3 Å². The first-order chi connectivity index (χ1) is 16.5. The summed E-state index contributed by atoms with van der Waals surface area (Å²) in [6, 6.07) is 6.85. The van der Waals surface area contributed by atoms with Gasteiger partial charge in [-0.15, -0.1) is 11.3 Å². The number of phenolic OH excluding ortho intramolecular Hbond substituents is 1. The molecule has 0 bridgehead atoms. The molecule has 0 saturated carbocycles. The third-order valence-electron chi connectivity index (χ3n) is 6.85. The van der Waals surface area contributed by atoms with E-state index in [-0.39, 0.29) is 17.6 Å². The van der Waals surface area contributed by atoms with Crippen molar-refractivity contribution in [2.45, 2.75) is 33.2 Å². The molecule has 0 spiro atoms. The first kappa shape index (κ1) is 23.0. The standard InChI is InChI=1S/C25H31N5O3S/c1-16-17(2)34-25-22(16)23(27-21(28-25)15-29-11-13-33-14-12-29)30-9-7-18(8-10-30)24(32)26-19-5-3-4-6-20(19)31/h3-6,18,31H,7-15H2,1-2H3,(H,26,32). The van der Waals surface area contributed by atoms with Crippen LogP contribution in [-0.4, -0.2) is 65.3 Å². The Kier molecular flexibility index (Phi) is 6.67. The molecule has 8 nitrogen and oxygen atoms in total. The molecule has 3 aromatic rings. The fraction of sp³-hybridized carbons (Fsp3) is 0.480. The van der Waals surface area contributed by atoms with Crippen LogP contribution in [0, 0.1) is 19.8 Å². The minimum absolute atomic E-state index is 0.0375. The van der Waals surface area contributed by atoms with Crippen molar-refractivity contribution in [3.63, 3.8) is 0 Å². The predicted octanol–water partition coefficient (Wildman–Crippen LogP) is 3.70. The minimum Gasteiger partial charge on any atom is -0.506 e. The SMILES string of the molecule is Cc1sc2nc(CN3CCOCC3)nc(N3CCC(C(=O)Nc4ccccc4O)CC3)c2c1C. The number of para-hydroxylation sites is 2. The van der Waals surface area contributed by atoms with Gasteiger partial charge >= 0.3 is 0 Å². The van der Waals surface area contributed by atoms with E-state index in [0.717, 1.165) is 80.6 Å². The first-order valence-corrected chi connectivity index (χ1v) is 12.7. The Morgan fingerprint density at radius 3 is 2.62 bits per heavy atom. The molecular formula is C25H31N5O3S. The molecule has 180 valence electrons. The van der Waals surface area contributed by atoms with E-state index in [4.69, 9.17) is 14.7 Å². The number of thiophene rings is 1. The van der Waals surface area contributed by atoms with Gasteiger partial charge in [-0.1, -0.05) is 12.1 Å². The third-order valence-corrected chi connectivity index (χ3v) is 7.95. The molecule has 2 N–H and O–H groups in total. The number of morpholine rings is 1. The number of nitrogens with zero attached hydrogens (tertiary/aromatic N) is 4. The lowest BCUT2D eigenvalue weighted by molar-refractivity contribution is -0.120. The normalized spacial score (nSPS) is 17.9. The van der Waals surface area contributed by atoms with Gasteiger partial charge in [-0.05, 0) is 44.4 Å². The summed E-state index contributed by atoms with van der Waals surface area (Å²) in [5.41, 5.74) is 1.71. The molecule has 0 aliphatic carbocycles. The number of aryl methyl sites for hydroxylation is 2. The number of nitrogens with one attached hydrogen (secondary N) is 1. The van der Waals surface area contributed by atoms with E-state index in [1.54, 1.807) is 35.6 Å². The van der Waals surface area contributed by atoms with Crippen LogP contribution in [0.5, 0.6) is 5.75 Å². The number of hydrogen-bond acceptors (Lipinski definition) is 8. The number of fused-ring (bicyclic) bond motifs is 1. The summed E-state index contributed by atoms with van der Waals surface area (Å²) in [7, 11) is 0. The first-order valence-electron chi connectivity index (χ1n) is 11.9. The number of ether oxygens (including phenoxy) is 1. The highest BCUT2D eigenvalue weighted by atomic mass is 32.1. The highest BCUT2D eigenvalue weighted by Gasteiger charge is 2.28. The van der Waals surface area contributed by atoms with E-state index in [1.807, 2.05) is 0 Å². The van der Waals surface area contributed by atoms with Gasteiger partial charge in [-0.25, -0.2) is 9.97 Å². The van der Waals surface area contributed by atoms with Gasteiger partial charge in [-0.3, -0.25) is 9.69 Å². The quantitative estimate of drug-likeness (QED) is 0.537. The lowest BCUT2D eigenvalue weighted by Crippen LogP contribution is -2.39. The van der Waals surface area contributed by atoms with E-state index in [1.165, 1.54) is 10.4 Å². The number of aromatic nitrogens is 2. The zero-order chi connectivity index (χ0) is 23.7. The number of rotatable bonds is 5. The highest BCUT2D eigenvalue weighted by molar-refractivity contribution is 7.18. The molecule has 5 rings (SSSR count). The number of carbonyl (C=O) groups excluding carboxylic acids is 1. The molecule has 1 aromatic carbocycles. The smallest absolute Gasteiger partial charge is 0.227 e. The molecule has 2 saturated heterocycles. The van der Waals surface area contributed by atoms with E-state index >= 15 is 0 Å². The summed E-state index contributed by atoms with van der Waals surface area (Å²) in [6.07, 6.45) is 1.48. The van der Waals surface area contributed by atoms with Crippen molar-refractivity contribution in [3.05, 3.63) is 40.5 Å². The predicted molar refractivity (Wildman–Crippen MR) is 135 cm³/mol. The van der Waals surface area contributed by atoms with Gasteiger partial charge in [0.15, 0.2) is 0 Å². The fourth-order valence-electron chi connectivity index (χ4n) is 4.70. The maximum absolute atomic E-state index is 12.8. The molecule has 2 aromatic heterocycles. The zero-order valence-corrected chi connectivity index (χ0v) is 20.5. The Hall–Kier alpha value is -2.75. The second-order valence-corrected chi connectivity index (χ2v) is 10.3. The lowest BCUT2D eigenvalue weighted by atomic mass is 9.95. The Bertz CT molecular complexity index is 1180. The molecule has 0 atom stereocenters. The summed E-state index contributed by atoms with van der Waals surface area (Å²) < 4.78 is 5.48. The molecule has 0 unspecified atom stereocenters. The maximum atomic E-state index is 12.8. The summed E-state index contributed by atoms with van der Waals surface area (Å²) >= 11 is 1.73. The second-order valence-electron chi connectivity index (χ2n) is 9.08. The van der Waals surface area contributed by atoms with Gasteiger partial charge in [0.05, 0.1) is 30.8 Å². The van der Waals surface area contributed by atoms with Crippen molar-refractivity contribution < 1.29 is 14.6 Å². The number of benzene rings is 1. The van der Waals surface area contributed by atoms with Gasteiger partial charge in [-0.2, -0.15) is 0 Å². The van der Waals surface area contributed by atoms with Crippen molar-refractivity contribution >= 4 is 39.0 Å². The van der Waals surface area contributed by atoms with Crippen LogP contribution in [0.4, 0.5) is 11.5 Å². The Morgan fingerprint density at radius 2 is 1.88 bits per heavy atom. The van der Waals surface area contributed by atoms with Crippen molar-refractivity contribution in [1.82, 2.24) is 14.9 Å². The van der Waals surface area contributed by atoms with Crippen LogP contribution in [-0.2, 0) is 16.1 Å². The summed E-state index contributed by atoms with van der Waals surface area (Å²) in [4.78, 5) is 29.8. The number of hydrogen-bond donors (Lipinski definition) is 2. The Morgan fingerprint density at radius 1 is 1.15 bits per heavy atom. The lowest BCUT2D eigenvalue weighted by Gasteiger charge is -2.33. The molecule has 2 aliphatic heterocycles. The molecule has 2 fully saturated rings. The summed E-state index contributed by atoms with van der Waals surface area (Å²) in [5, 5.41) is 14.0. The van der Waals surface area contributed by atoms with Crippen LogP contribution < -0.4 is 10.2 Å². The number of amides is 1. The molecule has 0 radical (unpaired) electrons. The van der Waals surface area contributed by atoms with Crippen molar-refractivity contribution in [2.75, 3.05) is 49.6 Å². The molecule has 1 amide bonds. The van der Waals surface area contributed by atoms with Crippen LogP contribution in [0.1, 0.15) is 29.1 Å². The van der Waals surface area contributed by atoms with Crippen LogP contribution in [0.15, 0.2) is 24.3 Å². The van der Waals surface area contributed by atoms with Crippen LogP contribution in [0.3, 0.4) is 0 Å². The van der Waals surface area contributed by atoms with Gasteiger partial charge in [0.1, 0.15) is 22.2 Å². The summed E-state index contributed by atoms with van der Waals surface area (Å²) in [5.74, 6) is 1.81. The average Bonchev–Trinajstić information content (AvgIpc) is 3.14. The van der Waals surface area contributed by atoms with E-state index < -0.39 is 0 Å². The van der Waals surface area contributed by atoms with Gasteiger partial charge < -0.3 is 20.1 Å². The topological polar surface area (TPSA) is 90.8 Å². The molecule has 2 aliphatic rings. The number of piperidine rings is 1. The number of carbonyl (C=O) groups is 1. The average molecular weight is 482 g/mol. The number of anilines is 2. The van der Waals surface area contributed by atoms with E-state index in [2.05, 4.69) is 29.0 Å². The van der Waals surface area contributed by atoms with Gasteiger partial charge in [0.25, 0.3) is 0 Å². The monoisotopic (exact) mass is 481 g/mol. The molecule has 9 heteroatoms. The highest BCUT2D eigenvalue weighted by Crippen LogP contribution is 2.37. The number of phenols is 1. The van der Waals surface area contributed by atoms with Crippen LogP contribution in [0.2, 0.25) is 0 Å². The van der Waals surface area contributed by atoms with Gasteiger partial charge in [0, 0.05) is 37.0 Å². The van der Waals surface area contributed by atoms with Crippen molar-refractivity contribution in [3.8, 4) is 5.75 Å². The van der Waals surface area contributed by atoms with Crippen LogP contribution in [0.25, 0.3) is 10.2 Å². The second kappa shape index (κ2) is 9.85. The zero-order valence-electron chi connectivity index (χ0n) is 19.7. The minimum atomic E-state index is -0.0914. The largest absolute Gasteiger partial charge is 0.506 e. The Balaban J connectivity index is 1.33. The maximum Gasteiger partial charge on any atom is 0.227 e. The molecule has 34 heavy (non-hydrogen) atoms. The third kappa shape index (κ3) is 4.73. The molecular weight excluding hydrogens is 450 g/mol. The van der Waals surface area contributed by atoms with E-state index in [0.29, 0.717) is 5.69 Å². The van der Waals surface area contributed by atoms with Gasteiger partial charge in [0.2, 0.25) is 5.91 Å². The Labute approximate surface area is 203 Å². The molecule has 4 heterocycles.